The first kappa shape index (κ1) is 16.5. The molecule has 2 heterocycles. The van der Waals surface area contributed by atoms with Gasteiger partial charge in [-0.2, -0.15) is 0 Å². The van der Waals surface area contributed by atoms with E-state index >= 15 is 0 Å². The summed E-state index contributed by atoms with van der Waals surface area (Å²) < 4.78 is 0. The minimum absolute atomic E-state index is 0.00826. The maximum atomic E-state index is 12.6. The third-order valence-electron chi connectivity index (χ3n) is 4.97. The highest BCUT2D eigenvalue weighted by molar-refractivity contribution is 5.94. The molecule has 0 saturated carbocycles. The largest absolute Gasteiger partial charge is 0.480 e. The van der Waals surface area contributed by atoms with Crippen molar-refractivity contribution in [2.24, 2.45) is 5.92 Å². The van der Waals surface area contributed by atoms with Gasteiger partial charge < -0.3 is 14.9 Å². The van der Waals surface area contributed by atoms with Gasteiger partial charge in [0.2, 0.25) is 5.91 Å². The number of nitrogens with zero attached hydrogens (tertiary/aromatic N) is 2. The number of benzene rings is 1. The van der Waals surface area contributed by atoms with Gasteiger partial charge in [0.15, 0.2) is 0 Å². The molecule has 24 heavy (non-hydrogen) atoms. The molecule has 2 aliphatic rings. The number of hydrogen-bond donors (Lipinski definition) is 1. The number of rotatable bonds is 3. The minimum Gasteiger partial charge on any atom is -0.480 e. The molecule has 2 fully saturated rings. The predicted octanol–water partition coefficient (Wildman–Crippen LogP) is 1.61. The second-order valence-electron chi connectivity index (χ2n) is 6.46. The van der Waals surface area contributed by atoms with E-state index in [2.05, 4.69) is 0 Å². The second kappa shape index (κ2) is 7.03. The zero-order chi connectivity index (χ0) is 17.1. The maximum absolute atomic E-state index is 12.6. The Hall–Kier alpha value is -2.37. The van der Waals surface area contributed by atoms with Crippen LogP contribution in [0.4, 0.5) is 0 Å². The van der Waals surface area contributed by atoms with Gasteiger partial charge in [0.25, 0.3) is 5.91 Å². The van der Waals surface area contributed by atoms with Crippen molar-refractivity contribution in [3.8, 4) is 0 Å². The van der Waals surface area contributed by atoms with Crippen molar-refractivity contribution in [3.63, 3.8) is 0 Å². The van der Waals surface area contributed by atoms with Gasteiger partial charge in [-0.1, -0.05) is 18.2 Å². The van der Waals surface area contributed by atoms with Crippen LogP contribution >= 0.6 is 0 Å². The van der Waals surface area contributed by atoms with Gasteiger partial charge in [-0.15, -0.1) is 0 Å². The lowest BCUT2D eigenvalue weighted by molar-refractivity contribution is -0.150. The SMILES string of the molecule is O=C(O)[C@H]1CCCN1C(=O)C1CCN(C(=O)c2ccccc2)CC1. The molecule has 128 valence electrons. The number of piperidine rings is 1. The second-order valence-corrected chi connectivity index (χ2v) is 6.46. The molecular weight excluding hydrogens is 308 g/mol. The number of carbonyl (C=O) groups is 3. The quantitative estimate of drug-likeness (QED) is 0.913. The van der Waals surface area contributed by atoms with E-state index in [-0.39, 0.29) is 17.7 Å². The lowest BCUT2D eigenvalue weighted by atomic mass is 9.94. The Labute approximate surface area is 141 Å². The van der Waals surface area contributed by atoms with E-state index in [4.69, 9.17) is 0 Å². The van der Waals surface area contributed by atoms with Crippen LogP contribution < -0.4 is 0 Å². The molecule has 1 aromatic carbocycles. The number of likely N-dealkylation sites (tertiary alicyclic amines) is 2. The molecule has 6 nitrogen and oxygen atoms in total. The Morgan fingerprint density at radius 2 is 1.62 bits per heavy atom. The zero-order valence-electron chi connectivity index (χ0n) is 13.6. The first-order chi connectivity index (χ1) is 11.6. The summed E-state index contributed by atoms with van der Waals surface area (Å²) in [6.07, 6.45) is 2.47. The third kappa shape index (κ3) is 3.27. The van der Waals surface area contributed by atoms with E-state index in [0.717, 1.165) is 6.42 Å². The van der Waals surface area contributed by atoms with Gasteiger partial charge in [-0.25, -0.2) is 4.79 Å². The van der Waals surface area contributed by atoms with E-state index in [1.54, 1.807) is 17.0 Å². The standard InChI is InChI=1S/C18H22N2O4/c21-16(13-5-2-1-3-6-13)19-11-8-14(9-12-19)17(22)20-10-4-7-15(20)18(23)24/h1-3,5-6,14-15H,4,7-12H2,(H,23,24)/t15-/m1/s1. The molecule has 3 rings (SSSR count). The molecule has 2 amide bonds. The van der Waals surface area contributed by atoms with E-state index in [1.165, 1.54) is 4.90 Å². The van der Waals surface area contributed by atoms with Crippen molar-refractivity contribution in [2.45, 2.75) is 31.7 Å². The highest BCUT2D eigenvalue weighted by Gasteiger charge is 2.38. The number of aliphatic carboxylic acids is 1. The molecule has 1 N–H and O–H groups in total. The average Bonchev–Trinajstić information content (AvgIpc) is 3.11. The van der Waals surface area contributed by atoms with E-state index in [9.17, 15) is 19.5 Å². The monoisotopic (exact) mass is 330 g/mol. The zero-order valence-corrected chi connectivity index (χ0v) is 13.6. The highest BCUT2D eigenvalue weighted by atomic mass is 16.4. The van der Waals surface area contributed by atoms with E-state index in [0.29, 0.717) is 44.5 Å². The van der Waals surface area contributed by atoms with Crippen molar-refractivity contribution < 1.29 is 19.5 Å². The number of amides is 2. The molecule has 1 atom stereocenters. The lowest BCUT2D eigenvalue weighted by Crippen LogP contribution is -2.47. The highest BCUT2D eigenvalue weighted by Crippen LogP contribution is 2.26. The van der Waals surface area contributed by atoms with Crippen LogP contribution in [0.5, 0.6) is 0 Å². The Bertz CT molecular complexity index is 623. The van der Waals surface area contributed by atoms with Gasteiger partial charge in [-0.3, -0.25) is 9.59 Å². The number of carboxylic acid groups (broad SMARTS) is 1. The average molecular weight is 330 g/mol. The van der Waals surface area contributed by atoms with Gasteiger partial charge in [-0.05, 0) is 37.8 Å². The summed E-state index contributed by atoms with van der Waals surface area (Å²) in [5.41, 5.74) is 0.660. The lowest BCUT2D eigenvalue weighted by Gasteiger charge is -2.34. The van der Waals surface area contributed by atoms with Crippen LogP contribution in [0.1, 0.15) is 36.0 Å². The molecule has 1 aromatic rings. The van der Waals surface area contributed by atoms with Gasteiger partial charge in [0.1, 0.15) is 6.04 Å². The first-order valence-electron chi connectivity index (χ1n) is 8.45. The molecule has 0 unspecified atom stereocenters. The molecule has 6 heteroatoms. The van der Waals surface area contributed by atoms with Crippen molar-refractivity contribution in [2.75, 3.05) is 19.6 Å². The summed E-state index contributed by atoms with van der Waals surface area (Å²) in [7, 11) is 0. The minimum atomic E-state index is -0.919. The number of hydrogen-bond acceptors (Lipinski definition) is 3. The van der Waals surface area contributed by atoms with Crippen LogP contribution in [0.2, 0.25) is 0 Å². The fourth-order valence-electron chi connectivity index (χ4n) is 3.61. The molecule has 2 saturated heterocycles. The predicted molar refractivity (Wildman–Crippen MR) is 87.4 cm³/mol. The topological polar surface area (TPSA) is 77.9 Å². The Balaban J connectivity index is 1.58. The van der Waals surface area contributed by atoms with Crippen LogP contribution in [0.3, 0.4) is 0 Å². The van der Waals surface area contributed by atoms with Crippen LogP contribution in [-0.2, 0) is 9.59 Å². The smallest absolute Gasteiger partial charge is 0.326 e. The van der Waals surface area contributed by atoms with Crippen molar-refractivity contribution in [3.05, 3.63) is 35.9 Å². The molecular formula is C18H22N2O4. The maximum Gasteiger partial charge on any atom is 0.326 e. The summed E-state index contributed by atoms with van der Waals surface area (Å²) >= 11 is 0. The van der Waals surface area contributed by atoms with Gasteiger partial charge >= 0.3 is 5.97 Å². The van der Waals surface area contributed by atoms with Crippen LogP contribution in [-0.4, -0.2) is 58.4 Å². The summed E-state index contributed by atoms with van der Waals surface area (Å²) in [4.78, 5) is 39.6. The van der Waals surface area contributed by atoms with Crippen molar-refractivity contribution in [1.29, 1.82) is 0 Å². The van der Waals surface area contributed by atoms with Crippen molar-refractivity contribution >= 4 is 17.8 Å². The van der Waals surface area contributed by atoms with E-state index in [1.807, 2.05) is 18.2 Å². The van der Waals surface area contributed by atoms with Crippen LogP contribution in [0, 0.1) is 5.92 Å². The Kier molecular flexibility index (Phi) is 4.83. The van der Waals surface area contributed by atoms with Gasteiger partial charge in [0.05, 0.1) is 0 Å². The summed E-state index contributed by atoms with van der Waals surface area (Å²) in [6.45, 7) is 1.60. The van der Waals surface area contributed by atoms with E-state index < -0.39 is 12.0 Å². The fourth-order valence-corrected chi connectivity index (χ4v) is 3.61. The third-order valence-corrected chi connectivity index (χ3v) is 4.97. The Morgan fingerprint density at radius 1 is 0.958 bits per heavy atom. The van der Waals surface area contributed by atoms with Crippen LogP contribution in [0.15, 0.2) is 30.3 Å². The molecule has 0 bridgehead atoms. The molecule has 2 aliphatic heterocycles. The molecule has 0 radical (unpaired) electrons. The molecule has 0 aliphatic carbocycles. The molecule has 0 aromatic heterocycles. The summed E-state index contributed by atoms with van der Waals surface area (Å²) in [6, 6.07) is 8.45. The summed E-state index contributed by atoms with van der Waals surface area (Å²) in [5.74, 6) is -1.17. The van der Waals surface area contributed by atoms with Crippen molar-refractivity contribution in [1.82, 2.24) is 9.80 Å². The first-order valence-corrected chi connectivity index (χ1v) is 8.45. The number of carboxylic acids is 1. The fraction of sp³-hybridized carbons (Fsp3) is 0.500. The molecule has 0 spiro atoms. The van der Waals surface area contributed by atoms with Crippen LogP contribution in [0.25, 0.3) is 0 Å². The number of carbonyl (C=O) groups excluding carboxylic acids is 2. The van der Waals surface area contributed by atoms with Gasteiger partial charge in [0, 0.05) is 31.1 Å². The Morgan fingerprint density at radius 3 is 2.25 bits per heavy atom. The summed E-state index contributed by atoms with van der Waals surface area (Å²) in [5, 5.41) is 9.23. The normalized spacial score (nSPS) is 21.8.